The lowest BCUT2D eigenvalue weighted by Gasteiger charge is -2.09. The number of hydrogen-bond donors (Lipinski definition) is 2. The van der Waals surface area contributed by atoms with Gasteiger partial charge in [-0.1, -0.05) is 0 Å². The average Bonchev–Trinajstić information content (AvgIpc) is 3.37. The highest BCUT2D eigenvalue weighted by molar-refractivity contribution is 5.96. The molecular formula is C18H13F3N6. The number of aromatic nitrogens is 5. The molecule has 0 saturated heterocycles. The van der Waals surface area contributed by atoms with Gasteiger partial charge < -0.3 is 10.7 Å². The Balaban J connectivity index is 1.73. The SMILES string of the molecule is Nc1nc(-c2ccnc3[nH]c(C(F)(F)F)cc23)nc2cncc(C3CC3)c12. The van der Waals surface area contributed by atoms with E-state index in [0.717, 1.165) is 29.9 Å². The minimum atomic E-state index is -4.50. The predicted octanol–water partition coefficient (Wildman–Crippen LogP) is 4.05. The molecule has 27 heavy (non-hydrogen) atoms. The first-order chi connectivity index (χ1) is 12.9. The second-order valence-corrected chi connectivity index (χ2v) is 6.63. The first-order valence-corrected chi connectivity index (χ1v) is 8.38. The Hall–Kier alpha value is -3.23. The number of halogens is 3. The summed E-state index contributed by atoms with van der Waals surface area (Å²) in [6, 6.07) is 2.59. The quantitative estimate of drug-likeness (QED) is 0.555. The van der Waals surface area contributed by atoms with Crippen LogP contribution in [-0.2, 0) is 6.18 Å². The minimum absolute atomic E-state index is 0.118. The molecule has 4 aromatic rings. The third-order valence-corrected chi connectivity index (χ3v) is 4.76. The molecule has 1 aliphatic rings. The first kappa shape index (κ1) is 16.0. The molecule has 4 heterocycles. The summed E-state index contributed by atoms with van der Waals surface area (Å²) >= 11 is 0. The fourth-order valence-corrected chi connectivity index (χ4v) is 3.34. The number of anilines is 1. The normalized spacial score (nSPS) is 14.9. The van der Waals surface area contributed by atoms with Crippen molar-refractivity contribution in [3.05, 3.63) is 42.0 Å². The van der Waals surface area contributed by atoms with E-state index in [1.807, 2.05) is 0 Å². The molecule has 136 valence electrons. The number of fused-ring (bicyclic) bond motifs is 2. The van der Waals surface area contributed by atoms with Gasteiger partial charge in [0, 0.05) is 28.7 Å². The molecule has 0 amide bonds. The first-order valence-electron chi connectivity index (χ1n) is 8.38. The van der Waals surface area contributed by atoms with Gasteiger partial charge in [-0.15, -0.1) is 0 Å². The molecule has 5 rings (SSSR count). The van der Waals surface area contributed by atoms with Crippen LogP contribution < -0.4 is 5.73 Å². The third kappa shape index (κ3) is 2.57. The van der Waals surface area contributed by atoms with E-state index in [0.29, 0.717) is 22.8 Å². The molecule has 1 saturated carbocycles. The van der Waals surface area contributed by atoms with E-state index in [9.17, 15) is 13.2 Å². The topological polar surface area (TPSA) is 93.4 Å². The lowest BCUT2D eigenvalue weighted by molar-refractivity contribution is -0.140. The van der Waals surface area contributed by atoms with Crippen molar-refractivity contribution in [2.45, 2.75) is 24.9 Å². The van der Waals surface area contributed by atoms with Crippen LogP contribution in [-0.4, -0.2) is 24.9 Å². The number of nitrogens with two attached hydrogens (primary N) is 1. The molecule has 1 fully saturated rings. The molecule has 0 aromatic carbocycles. The summed E-state index contributed by atoms with van der Waals surface area (Å²) in [6.07, 6.45) is 2.46. The van der Waals surface area contributed by atoms with Crippen LogP contribution in [0.25, 0.3) is 33.3 Å². The molecule has 0 unspecified atom stereocenters. The van der Waals surface area contributed by atoms with Gasteiger partial charge in [0.15, 0.2) is 5.82 Å². The molecule has 0 atom stereocenters. The predicted molar refractivity (Wildman–Crippen MR) is 93.8 cm³/mol. The number of pyridine rings is 2. The standard InChI is InChI=1S/C18H13F3N6/c19-18(20,21)13-5-10-9(3-4-24-16(10)26-13)17-25-12-7-23-6-11(8-1-2-8)14(12)15(22)27-17/h3-8H,1-2H2,(H,24,26)(H2,22,25,27). The summed E-state index contributed by atoms with van der Waals surface area (Å²) in [7, 11) is 0. The van der Waals surface area contributed by atoms with Gasteiger partial charge in [-0.05, 0) is 36.5 Å². The summed E-state index contributed by atoms with van der Waals surface area (Å²) in [4.78, 5) is 19.4. The fourth-order valence-electron chi connectivity index (χ4n) is 3.34. The van der Waals surface area contributed by atoms with Crippen molar-refractivity contribution in [2.75, 3.05) is 5.73 Å². The van der Waals surface area contributed by atoms with Gasteiger partial charge in [-0.2, -0.15) is 13.2 Å². The van der Waals surface area contributed by atoms with E-state index in [1.54, 1.807) is 18.5 Å². The van der Waals surface area contributed by atoms with E-state index in [1.165, 1.54) is 6.20 Å². The van der Waals surface area contributed by atoms with Crippen LogP contribution in [0.4, 0.5) is 19.0 Å². The molecule has 0 radical (unpaired) electrons. The molecular weight excluding hydrogens is 357 g/mol. The highest BCUT2D eigenvalue weighted by atomic mass is 19.4. The number of alkyl halides is 3. The van der Waals surface area contributed by atoms with Crippen LogP contribution in [0.2, 0.25) is 0 Å². The van der Waals surface area contributed by atoms with Crippen molar-refractivity contribution in [1.29, 1.82) is 0 Å². The number of aromatic amines is 1. The van der Waals surface area contributed by atoms with E-state index >= 15 is 0 Å². The smallest absolute Gasteiger partial charge is 0.383 e. The van der Waals surface area contributed by atoms with Gasteiger partial charge in [0.2, 0.25) is 0 Å². The number of nitrogen functional groups attached to an aromatic ring is 1. The van der Waals surface area contributed by atoms with Crippen molar-refractivity contribution in [1.82, 2.24) is 24.9 Å². The summed E-state index contributed by atoms with van der Waals surface area (Å²) in [5, 5.41) is 1.06. The molecule has 0 aliphatic heterocycles. The monoisotopic (exact) mass is 370 g/mol. The highest BCUT2D eigenvalue weighted by Crippen LogP contribution is 2.44. The second-order valence-electron chi connectivity index (χ2n) is 6.63. The van der Waals surface area contributed by atoms with Gasteiger partial charge in [0.05, 0.1) is 11.7 Å². The van der Waals surface area contributed by atoms with Gasteiger partial charge in [-0.3, -0.25) is 4.98 Å². The molecule has 6 nitrogen and oxygen atoms in total. The minimum Gasteiger partial charge on any atom is -0.383 e. The fraction of sp³-hybridized carbons (Fsp3) is 0.222. The maximum Gasteiger partial charge on any atom is 0.431 e. The zero-order valence-electron chi connectivity index (χ0n) is 13.9. The van der Waals surface area contributed by atoms with E-state index < -0.39 is 11.9 Å². The Bertz CT molecular complexity index is 1190. The maximum absolute atomic E-state index is 13.0. The van der Waals surface area contributed by atoms with Crippen LogP contribution in [0.15, 0.2) is 30.7 Å². The zero-order valence-corrected chi connectivity index (χ0v) is 13.9. The third-order valence-electron chi connectivity index (χ3n) is 4.76. The molecule has 0 spiro atoms. The van der Waals surface area contributed by atoms with Gasteiger partial charge in [0.1, 0.15) is 17.2 Å². The molecule has 1 aliphatic carbocycles. The lowest BCUT2D eigenvalue weighted by atomic mass is 10.1. The van der Waals surface area contributed by atoms with Gasteiger partial charge >= 0.3 is 6.18 Å². The van der Waals surface area contributed by atoms with E-state index in [-0.39, 0.29) is 16.9 Å². The number of H-pyrrole nitrogens is 1. The molecule has 4 aromatic heterocycles. The van der Waals surface area contributed by atoms with Crippen molar-refractivity contribution in [2.24, 2.45) is 0 Å². The zero-order chi connectivity index (χ0) is 18.8. The Morgan fingerprint density at radius 2 is 1.96 bits per heavy atom. The van der Waals surface area contributed by atoms with E-state index in [2.05, 4.69) is 24.9 Å². The summed E-state index contributed by atoms with van der Waals surface area (Å²) < 4.78 is 39.1. The highest BCUT2D eigenvalue weighted by Gasteiger charge is 2.33. The summed E-state index contributed by atoms with van der Waals surface area (Å²) in [5.74, 6) is 0.968. The van der Waals surface area contributed by atoms with Crippen LogP contribution >= 0.6 is 0 Å². The maximum atomic E-state index is 13.0. The van der Waals surface area contributed by atoms with Gasteiger partial charge in [-0.25, -0.2) is 15.0 Å². The number of hydrogen-bond acceptors (Lipinski definition) is 5. The Kier molecular flexibility index (Phi) is 3.19. The average molecular weight is 370 g/mol. The Morgan fingerprint density at radius 1 is 1.15 bits per heavy atom. The Morgan fingerprint density at radius 3 is 2.70 bits per heavy atom. The number of nitrogens with one attached hydrogen (secondary N) is 1. The van der Waals surface area contributed by atoms with Crippen LogP contribution in [0.5, 0.6) is 0 Å². The van der Waals surface area contributed by atoms with Crippen molar-refractivity contribution in [3.8, 4) is 11.4 Å². The van der Waals surface area contributed by atoms with Crippen LogP contribution in [0, 0.1) is 0 Å². The molecule has 3 N–H and O–H groups in total. The van der Waals surface area contributed by atoms with Crippen LogP contribution in [0.1, 0.15) is 30.0 Å². The molecule has 9 heteroatoms. The number of rotatable bonds is 2. The van der Waals surface area contributed by atoms with E-state index in [4.69, 9.17) is 5.73 Å². The van der Waals surface area contributed by atoms with Crippen molar-refractivity contribution in [3.63, 3.8) is 0 Å². The van der Waals surface area contributed by atoms with Crippen LogP contribution in [0.3, 0.4) is 0 Å². The van der Waals surface area contributed by atoms with Crippen molar-refractivity contribution < 1.29 is 13.2 Å². The molecule has 0 bridgehead atoms. The largest absolute Gasteiger partial charge is 0.431 e. The van der Waals surface area contributed by atoms with Crippen molar-refractivity contribution >= 4 is 27.8 Å². The summed E-state index contributed by atoms with van der Waals surface area (Å²) in [6.45, 7) is 0. The summed E-state index contributed by atoms with van der Waals surface area (Å²) in [5.41, 5.74) is 7.48. The van der Waals surface area contributed by atoms with Gasteiger partial charge in [0.25, 0.3) is 0 Å². The lowest BCUT2D eigenvalue weighted by Crippen LogP contribution is -2.04. The number of nitrogens with zero attached hydrogens (tertiary/aromatic N) is 4. The Labute approximate surface area is 150 Å². The second kappa shape index (κ2) is 5.38.